The molecule has 0 atom stereocenters. The minimum atomic E-state index is -4.26. The first-order valence-corrected chi connectivity index (χ1v) is 5.81. The molecule has 1 rings (SSSR count). The standard InChI is InChI=1S/C9H12N2O3S/c1-2-8-3-5-9(6-4-8)7-10-11-15(12,13)14/h3-7,11H,2H2,1H3,(H,12,13,14). The van der Waals surface area contributed by atoms with E-state index in [2.05, 4.69) is 5.10 Å². The van der Waals surface area contributed by atoms with Crippen molar-refractivity contribution in [2.45, 2.75) is 13.3 Å². The summed E-state index contributed by atoms with van der Waals surface area (Å²) in [6, 6.07) is 7.48. The zero-order valence-electron chi connectivity index (χ0n) is 8.21. The number of hydrazone groups is 1. The molecular formula is C9H12N2O3S. The van der Waals surface area contributed by atoms with E-state index < -0.39 is 10.3 Å². The number of nitrogens with one attached hydrogen (secondary N) is 1. The highest BCUT2D eigenvalue weighted by atomic mass is 32.2. The van der Waals surface area contributed by atoms with Crippen molar-refractivity contribution < 1.29 is 13.0 Å². The van der Waals surface area contributed by atoms with Gasteiger partial charge in [-0.25, -0.2) is 0 Å². The van der Waals surface area contributed by atoms with Crippen molar-refractivity contribution in [3.63, 3.8) is 0 Å². The number of nitrogens with zero attached hydrogens (tertiary/aromatic N) is 1. The highest BCUT2D eigenvalue weighted by Gasteiger charge is 1.97. The van der Waals surface area contributed by atoms with E-state index in [-0.39, 0.29) is 0 Å². The maximum Gasteiger partial charge on any atom is 0.372 e. The number of hydrogen-bond donors (Lipinski definition) is 2. The highest BCUT2D eigenvalue weighted by molar-refractivity contribution is 7.83. The molecule has 0 aliphatic carbocycles. The lowest BCUT2D eigenvalue weighted by Gasteiger charge is -1.97. The topological polar surface area (TPSA) is 78.8 Å². The second kappa shape index (κ2) is 4.90. The lowest BCUT2D eigenvalue weighted by atomic mass is 10.1. The van der Waals surface area contributed by atoms with Gasteiger partial charge in [-0.1, -0.05) is 31.2 Å². The average molecular weight is 228 g/mol. The van der Waals surface area contributed by atoms with Gasteiger partial charge in [0, 0.05) is 0 Å². The van der Waals surface area contributed by atoms with Gasteiger partial charge in [0.25, 0.3) is 0 Å². The molecule has 2 N–H and O–H groups in total. The number of rotatable bonds is 4. The molecule has 5 nitrogen and oxygen atoms in total. The lowest BCUT2D eigenvalue weighted by molar-refractivity contribution is 0.470. The Kier molecular flexibility index (Phi) is 3.81. The van der Waals surface area contributed by atoms with Gasteiger partial charge in [0.2, 0.25) is 0 Å². The molecule has 15 heavy (non-hydrogen) atoms. The molecule has 0 aliphatic rings. The van der Waals surface area contributed by atoms with Crippen LogP contribution in [0.5, 0.6) is 0 Å². The Morgan fingerprint density at radius 2 is 2.00 bits per heavy atom. The molecule has 0 bridgehead atoms. The molecule has 0 heterocycles. The van der Waals surface area contributed by atoms with E-state index in [4.69, 9.17) is 4.55 Å². The van der Waals surface area contributed by atoms with Crippen LogP contribution < -0.4 is 4.83 Å². The molecule has 0 aliphatic heterocycles. The third-order valence-corrected chi connectivity index (χ3v) is 2.11. The molecule has 1 aromatic rings. The Bertz CT molecular complexity index is 437. The predicted molar refractivity (Wildman–Crippen MR) is 58.1 cm³/mol. The van der Waals surface area contributed by atoms with Crippen LogP contribution in [0.2, 0.25) is 0 Å². The van der Waals surface area contributed by atoms with E-state index in [0.717, 1.165) is 12.0 Å². The van der Waals surface area contributed by atoms with Gasteiger partial charge in [0.15, 0.2) is 0 Å². The number of benzene rings is 1. The van der Waals surface area contributed by atoms with Gasteiger partial charge in [-0.15, -0.1) is 0 Å². The van der Waals surface area contributed by atoms with E-state index in [1.807, 2.05) is 31.2 Å². The van der Waals surface area contributed by atoms with Crippen molar-refractivity contribution in [2.75, 3.05) is 0 Å². The fourth-order valence-electron chi connectivity index (χ4n) is 1.01. The summed E-state index contributed by atoms with van der Waals surface area (Å²) in [5.74, 6) is 0. The van der Waals surface area contributed by atoms with Crippen molar-refractivity contribution in [1.29, 1.82) is 0 Å². The Hall–Kier alpha value is -1.40. The molecule has 6 heteroatoms. The SMILES string of the molecule is CCc1ccc(C=NNS(=O)(=O)O)cc1. The Morgan fingerprint density at radius 1 is 1.40 bits per heavy atom. The van der Waals surface area contributed by atoms with Crippen molar-refractivity contribution >= 4 is 16.5 Å². The van der Waals surface area contributed by atoms with Crippen LogP contribution in [0, 0.1) is 0 Å². The van der Waals surface area contributed by atoms with Crippen molar-refractivity contribution in [1.82, 2.24) is 4.83 Å². The monoisotopic (exact) mass is 228 g/mol. The molecule has 0 saturated carbocycles. The summed E-state index contributed by atoms with van der Waals surface area (Å²) in [6.07, 6.45) is 2.26. The molecule has 0 saturated heterocycles. The second-order valence-electron chi connectivity index (χ2n) is 2.92. The molecule has 0 fully saturated rings. The van der Waals surface area contributed by atoms with Gasteiger partial charge in [-0.05, 0) is 17.5 Å². The van der Waals surface area contributed by atoms with Crippen molar-refractivity contribution in [2.24, 2.45) is 5.10 Å². The normalized spacial score (nSPS) is 11.9. The third kappa shape index (κ3) is 4.57. The lowest BCUT2D eigenvalue weighted by Crippen LogP contribution is -2.16. The molecule has 0 spiro atoms. The highest BCUT2D eigenvalue weighted by Crippen LogP contribution is 2.02. The third-order valence-electron chi connectivity index (χ3n) is 1.77. The number of aryl methyl sites for hydroxylation is 1. The fourth-order valence-corrected chi connectivity index (χ4v) is 1.19. The summed E-state index contributed by atoms with van der Waals surface area (Å²) in [5, 5.41) is 3.36. The van der Waals surface area contributed by atoms with Gasteiger partial charge in [-0.3, -0.25) is 4.55 Å². The van der Waals surface area contributed by atoms with Crippen LogP contribution in [0.3, 0.4) is 0 Å². The van der Waals surface area contributed by atoms with E-state index in [1.54, 1.807) is 4.83 Å². The molecule has 1 aromatic carbocycles. The van der Waals surface area contributed by atoms with Crippen molar-refractivity contribution in [3.05, 3.63) is 35.4 Å². The zero-order valence-corrected chi connectivity index (χ0v) is 9.03. The summed E-state index contributed by atoms with van der Waals surface area (Å²) >= 11 is 0. The molecule has 0 radical (unpaired) electrons. The first-order chi connectivity index (χ1) is 7.01. The molecule has 0 unspecified atom stereocenters. The van der Waals surface area contributed by atoms with Crippen LogP contribution in [0.15, 0.2) is 29.4 Å². The smallest absolute Gasteiger partial charge is 0.268 e. The van der Waals surface area contributed by atoms with Crippen LogP contribution in [0.25, 0.3) is 0 Å². The van der Waals surface area contributed by atoms with Gasteiger partial charge in [0.1, 0.15) is 0 Å². The quantitative estimate of drug-likeness (QED) is 0.458. The molecular weight excluding hydrogens is 216 g/mol. The van der Waals surface area contributed by atoms with Gasteiger partial charge in [0.05, 0.1) is 6.21 Å². The van der Waals surface area contributed by atoms with E-state index in [9.17, 15) is 8.42 Å². The van der Waals surface area contributed by atoms with Gasteiger partial charge < -0.3 is 0 Å². The van der Waals surface area contributed by atoms with Gasteiger partial charge in [-0.2, -0.15) is 18.4 Å². The van der Waals surface area contributed by atoms with Gasteiger partial charge >= 0.3 is 10.3 Å². The maximum atomic E-state index is 10.3. The Labute approximate surface area is 88.7 Å². The molecule has 82 valence electrons. The molecule has 0 amide bonds. The second-order valence-corrected chi connectivity index (χ2v) is 4.05. The van der Waals surface area contributed by atoms with E-state index in [1.165, 1.54) is 11.8 Å². The first-order valence-electron chi connectivity index (χ1n) is 4.37. The minimum absolute atomic E-state index is 0.753. The Balaban J connectivity index is 2.65. The largest absolute Gasteiger partial charge is 0.372 e. The zero-order chi connectivity index (χ0) is 11.3. The predicted octanol–water partition coefficient (Wildman–Crippen LogP) is 0.975. The van der Waals surface area contributed by atoms with Crippen LogP contribution in [-0.4, -0.2) is 19.2 Å². The molecule has 0 aromatic heterocycles. The average Bonchev–Trinajstić information content (AvgIpc) is 2.17. The van der Waals surface area contributed by atoms with Crippen LogP contribution in [-0.2, 0) is 16.7 Å². The Morgan fingerprint density at radius 3 is 2.47 bits per heavy atom. The van der Waals surface area contributed by atoms with Crippen LogP contribution in [0.4, 0.5) is 0 Å². The van der Waals surface area contributed by atoms with Crippen LogP contribution >= 0.6 is 0 Å². The van der Waals surface area contributed by atoms with E-state index in [0.29, 0.717) is 0 Å². The summed E-state index contributed by atoms with van der Waals surface area (Å²) in [6.45, 7) is 2.04. The fraction of sp³-hybridized carbons (Fsp3) is 0.222. The summed E-state index contributed by atoms with van der Waals surface area (Å²) in [7, 11) is -4.26. The number of hydrogen-bond acceptors (Lipinski definition) is 3. The summed E-state index contributed by atoms with van der Waals surface area (Å²) in [4.78, 5) is 1.60. The summed E-state index contributed by atoms with van der Waals surface area (Å²) in [5.41, 5.74) is 1.94. The van der Waals surface area contributed by atoms with Crippen LogP contribution in [0.1, 0.15) is 18.1 Å². The summed E-state index contributed by atoms with van der Waals surface area (Å²) < 4.78 is 28.8. The first kappa shape index (κ1) is 11.7. The maximum absolute atomic E-state index is 10.3. The van der Waals surface area contributed by atoms with Crippen molar-refractivity contribution in [3.8, 4) is 0 Å². The van der Waals surface area contributed by atoms with E-state index >= 15 is 0 Å². The minimum Gasteiger partial charge on any atom is -0.268 e.